The summed E-state index contributed by atoms with van der Waals surface area (Å²) in [5.74, 6) is 0.190. The van der Waals surface area contributed by atoms with E-state index < -0.39 is 18.4 Å². The first kappa shape index (κ1) is 12.2. The summed E-state index contributed by atoms with van der Waals surface area (Å²) in [6.07, 6.45) is -4.39. The molecule has 1 aromatic carbocycles. The molecule has 1 aromatic rings. The van der Waals surface area contributed by atoms with Crippen molar-refractivity contribution in [1.82, 2.24) is 0 Å². The SMILES string of the molecule is Nc1cc(C(F)(F)F)ccc1SCCF. The molecule has 2 N–H and O–H groups in total. The number of alkyl halides is 4. The van der Waals surface area contributed by atoms with Gasteiger partial charge in [-0.2, -0.15) is 13.2 Å². The number of rotatable bonds is 3. The summed E-state index contributed by atoms with van der Waals surface area (Å²) in [7, 11) is 0. The third kappa shape index (κ3) is 3.30. The predicted molar refractivity (Wildman–Crippen MR) is 52.6 cm³/mol. The molecule has 1 rings (SSSR count). The second-order valence-corrected chi connectivity index (χ2v) is 3.92. The first-order valence-corrected chi connectivity index (χ1v) is 5.09. The van der Waals surface area contributed by atoms with Gasteiger partial charge in [0.2, 0.25) is 0 Å². The van der Waals surface area contributed by atoms with Gasteiger partial charge in [-0.1, -0.05) is 0 Å². The van der Waals surface area contributed by atoms with Gasteiger partial charge in [0.15, 0.2) is 0 Å². The van der Waals surface area contributed by atoms with Crippen molar-refractivity contribution in [3.05, 3.63) is 23.8 Å². The van der Waals surface area contributed by atoms with Gasteiger partial charge in [0.25, 0.3) is 0 Å². The minimum atomic E-state index is -4.39. The van der Waals surface area contributed by atoms with Crippen LogP contribution in [0.1, 0.15) is 5.56 Å². The van der Waals surface area contributed by atoms with E-state index in [-0.39, 0.29) is 11.4 Å². The molecule has 0 saturated heterocycles. The van der Waals surface area contributed by atoms with Crippen LogP contribution in [-0.2, 0) is 6.18 Å². The first-order chi connectivity index (χ1) is 6.95. The Balaban J connectivity index is 2.88. The van der Waals surface area contributed by atoms with Gasteiger partial charge < -0.3 is 5.73 Å². The Labute approximate surface area is 88.7 Å². The molecule has 0 unspecified atom stereocenters. The van der Waals surface area contributed by atoms with Crippen LogP contribution in [0.4, 0.5) is 23.2 Å². The monoisotopic (exact) mass is 239 g/mol. The zero-order valence-electron chi connectivity index (χ0n) is 7.64. The van der Waals surface area contributed by atoms with Gasteiger partial charge in [0.05, 0.1) is 12.2 Å². The smallest absolute Gasteiger partial charge is 0.398 e. The highest BCUT2D eigenvalue weighted by Crippen LogP contribution is 2.34. The second kappa shape index (κ2) is 4.74. The van der Waals surface area contributed by atoms with E-state index in [1.807, 2.05) is 0 Å². The standard InChI is InChI=1S/C9H9F4NS/c10-3-4-15-8-2-1-6(5-7(8)14)9(11,12)13/h1-2,5H,3-4,14H2. The minimum Gasteiger partial charge on any atom is -0.398 e. The van der Waals surface area contributed by atoms with Crippen molar-refractivity contribution >= 4 is 17.4 Å². The third-order valence-corrected chi connectivity index (χ3v) is 2.71. The highest BCUT2D eigenvalue weighted by molar-refractivity contribution is 7.99. The lowest BCUT2D eigenvalue weighted by Gasteiger charge is -2.09. The summed E-state index contributed by atoms with van der Waals surface area (Å²) in [5, 5.41) is 0. The number of benzene rings is 1. The Kier molecular flexibility index (Phi) is 3.84. The highest BCUT2D eigenvalue weighted by atomic mass is 32.2. The maximum atomic E-state index is 12.2. The van der Waals surface area contributed by atoms with E-state index in [1.165, 1.54) is 6.07 Å². The van der Waals surface area contributed by atoms with E-state index in [9.17, 15) is 17.6 Å². The van der Waals surface area contributed by atoms with Crippen molar-refractivity contribution in [2.75, 3.05) is 18.2 Å². The summed E-state index contributed by atoms with van der Waals surface area (Å²) in [4.78, 5) is 0.473. The fourth-order valence-corrected chi connectivity index (χ4v) is 1.69. The van der Waals surface area contributed by atoms with Gasteiger partial charge in [-0.25, -0.2) is 0 Å². The van der Waals surface area contributed by atoms with Crippen molar-refractivity contribution < 1.29 is 17.6 Å². The van der Waals surface area contributed by atoms with E-state index in [2.05, 4.69) is 0 Å². The molecule has 6 heteroatoms. The Morgan fingerprint density at radius 2 is 1.93 bits per heavy atom. The fraction of sp³-hybridized carbons (Fsp3) is 0.333. The Hall–Kier alpha value is -0.910. The van der Waals surface area contributed by atoms with Gasteiger partial charge in [-0.15, -0.1) is 11.8 Å². The van der Waals surface area contributed by atoms with Crippen LogP contribution < -0.4 is 5.73 Å². The lowest BCUT2D eigenvalue weighted by molar-refractivity contribution is -0.137. The number of nitrogens with two attached hydrogens (primary N) is 1. The molecule has 0 aliphatic carbocycles. The number of nitrogen functional groups attached to an aromatic ring is 1. The molecule has 0 heterocycles. The fourth-order valence-electron chi connectivity index (χ4n) is 1.00. The van der Waals surface area contributed by atoms with Crippen molar-refractivity contribution in [2.24, 2.45) is 0 Å². The van der Waals surface area contributed by atoms with E-state index in [4.69, 9.17) is 5.73 Å². The molecule has 0 spiro atoms. The van der Waals surface area contributed by atoms with Gasteiger partial charge >= 0.3 is 6.18 Å². The predicted octanol–water partition coefficient (Wildman–Crippen LogP) is 3.35. The van der Waals surface area contributed by atoms with Crippen LogP contribution in [0.15, 0.2) is 23.1 Å². The summed E-state index contributed by atoms with van der Waals surface area (Å²) < 4.78 is 48.5. The molecular formula is C9H9F4NS. The molecule has 0 bridgehead atoms. The first-order valence-electron chi connectivity index (χ1n) is 4.10. The average Bonchev–Trinajstić information content (AvgIpc) is 2.14. The average molecular weight is 239 g/mol. The lowest BCUT2D eigenvalue weighted by Crippen LogP contribution is -2.05. The van der Waals surface area contributed by atoms with Crippen LogP contribution in [0.3, 0.4) is 0 Å². The lowest BCUT2D eigenvalue weighted by atomic mass is 10.2. The number of halogens is 4. The molecule has 0 radical (unpaired) electrons. The molecule has 0 amide bonds. The largest absolute Gasteiger partial charge is 0.416 e. The summed E-state index contributed by atoms with van der Waals surface area (Å²) in [6, 6.07) is 3.07. The summed E-state index contributed by atoms with van der Waals surface area (Å²) >= 11 is 1.10. The van der Waals surface area contributed by atoms with E-state index >= 15 is 0 Å². The number of anilines is 1. The zero-order valence-corrected chi connectivity index (χ0v) is 8.46. The molecule has 0 aliphatic heterocycles. The number of hydrogen-bond donors (Lipinski definition) is 1. The van der Waals surface area contributed by atoms with Crippen LogP contribution in [-0.4, -0.2) is 12.4 Å². The molecule has 0 aromatic heterocycles. The van der Waals surface area contributed by atoms with E-state index in [0.717, 1.165) is 23.9 Å². The van der Waals surface area contributed by atoms with Crippen molar-refractivity contribution in [2.45, 2.75) is 11.1 Å². The number of thioether (sulfide) groups is 1. The molecule has 0 fully saturated rings. The Bertz CT molecular complexity index is 337. The molecule has 84 valence electrons. The van der Waals surface area contributed by atoms with Gasteiger partial charge in [-0.05, 0) is 18.2 Å². The maximum absolute atomic E-state index is 12.2. The molecule has 1 nitrogen and oxygen atoms in total. The van der Waals surface area contributed by atoms with Crippen LogP contribution in [0, 0.1) is 0 Å². The van der Waals surface area contributed by atoms with Gasteiger partial charge in [0.1, 0.15) is 0 Å². The molecule has 0 saturated carbocycles. The quantitative estimate of drug-likeness (QED) is 0.497. The molecular weight excluding hydrogens is 230 g/mol. The topological polar surface area (TPSA) is 26.0 Å². The van der Waals surface area contributed by atoms with Crippen LogP contribution in [0.25, 0.3) is 0 Å². The highest BCUT2D eigenvalue weighted by Gasteiger charge is 2.30. The van der Waals surface area contributed by atoms with E-state index in [1.54, 1.807) is 0 Å². The zero-order chi connectivity index (χ0) is 11.5. The third-order valence-electron chi connectivity index (χ3n) is 1.67. The van der Waals surface area contributed by atoms with Gasteiger partial charge in [0, 0.05) is 16.3 Å². The van der Waals surface area contributed by atoms with E-state index in [0.29, 0.717) is 4.90 Å². The van der Waals surface area contributed by atoms with Crippen LogP contribution in [0.5, 0.6) is 0 Å². The van der Waals surface area contributed by atoms with Crippen molar-refractivity contribution in [3.63, 3.8) is 0 Å². The second-order valence-electron chi connectivity index (χ2n) is 2.79. The Morgan fingerprint density at radius 1 is 1.27 bits per heavy atom. The summed E-state index contributed by atoms with van der Waals surface area (Å²) in [5.41, 5.74) is 4.66. The normalized spacial score (nSPS) is 11.7. The molecule has 15 heavy (non-hydrogen) atoms. The maximum Gasteiger partial charge on any atom is 0.416 e. The summed E-state index contributed by atoms with van der Waals surface area (Å²) in [6.45, 7) is -0.537. The van der Waals surface area contributed by atoms with Crippen molar-refractivity contribution in [3.8, 4) is 0 Å². The van der Waals surface area contributed by atoms with Gasteiger partial charge in [-0.3, -0.25) is 4.39 Å². The number of hydrogen-bond acceptors (Lipinski definition) is 2. The van der Waals surface area contributed by atoms with Crippen molar-refractivity contribution in [1.29, 1.82) is 0 Å². The van der Waals surface area contributed by atoms with Crippen LogP contribution in [0.2, 0.25) is 0 Å². The molecule has 0 atom stereocenters. The minimum absolute atomic E-state index is 0.0308. The molecule has 0 aliphatic rings. The Morgan fingerprint density at radius 3 is 2.40 bits per heavy atom. The van der Waals surface area contributed by atoms with Crippen LogP contribution >= 0.6 is 11.8 Å².